The minimum Gasteiger partial charge on any atom is -0.478 e. The van der Waals surface area contributed by atoms with E-state index in [2.05, 4.69) is 38.1 Å². The summed E-state index contributed by atoms with van der Waals surface area (Å²) in [5, 5.41) is 13.4. The van der Waals surface area contributed by atoms with Crippen molar-refractivity contribution in [2.45, 2.75) is 34.1 Å². The second-order valence-corrected chi connectivity index (χ2v) is 10.7. The van der Waals surface area contributed by atoms with E-state index in [4.69, 9.17) is 4.52 Å². The molecule has 6 nitrogen and oxygen atoms in total. The van der Waals surface area contributed by atoms with Crippen LogP contribution in [0.1, 0.15) is 59.2 Å². The molecular formula is C30H29FN2O4. The summed E-state index contributed by atoms with van der Waals surface area (Å²) in [7, 11) is 0. The zero-order valence-corrected chi connectivity index (χ0v) is 21.3. The number of nitrogens with zero attached hydrogens (tertiary/aromatic N) is 2. The van der Waals surface area contributed by atoms with E-state index in [9.17, 15) is 19.1 Å². The Hall–Kier alpha value is -4.00. The molecule has 3 aromatic rings. The fourth-order valence-corrected chi connectivity index (χ4v) is 5.94. The molecule has 0 saturated heterocycles. The molecule has 0 fully saturated rings. The van der Waals surface area contributed by atoms with Crippen LogP contribution in [0.3, 0.4) is 0 Å². The third-order valence-corrected chi connectivity index (χ3v) is 7.73. The number of allylic oxidation sites excluding steroid dienone is 2. The molecule has 0 unspecified atom stereocenters. The molecule has 37 heavy (non-hydrogen) atoms. The molecule has 1 aliphatic carbocycles. The van der Waals surface area contributed by atoms with Gasteiger partial charge in [0.25, 0.3) is 5.91 Å². The molecule has 1 aliphatic heterocycles. The molecule has 0 saturated carbocycles. The van der Waals surface area contributed by atoms with Gasteiger partial charge in [0.05, 0.1) is 5.56 Å². The van der Waals surface area contributed by atoms with Crippen LogP contribution in [0.15, 0.2) is 70.8 Å². The van der Waals surface area contributed by atoms with Crippen LogP contribution in [0.2, 0.25) is 0 Å². The maximum atomic E-state index is 13.8. The van der Waals surface area contributed by atoms with Crippen LogP contribution in [0.4, 0.5) is 4.39 Å². The SMILES string of the molecule is Cc1onc(-c2ccc(F)cc2)c1C(=O)N1CC=C2C(C)(C)C(c3ccc(C(=O)O)cc3)=CC[C@]2(C)C1. The summed E-state index contributed by atoms with van der Waals surface area (Å²) in [6.07, 6.45) is 5.12. The van der Waals surface area contributed by atoms with Crippen molar-refractivity contribution in [2.75, 3.05) is 13.1 Å². The second kappa shape index (κ2) is 8.83. The number of fused-ring (bicyclic) bond motifs is 1. The predicted molar refractivity (Wildman–Crippen MR) is 139 cm³/mol. The average Bonchev–Trinajstić information content (AvgIpc) is 3.24. The van der Waals surface area contributed by atoms with Gasteiger partial charge < -0.3 is 14.5 Å². The Morgan fingerprint density at radius 2 is 1.65 bits per heavy atom. The predicted octanol–water partition coefficient (Wildman–Crippen LogP) is 6.39. The number of amides is 1. The smallest absolute Gasteiger partial charge is 0.335 e. The highest BCUT2D eigenvalue weighted by Crippen LogP contribution is 2.55. The zero-order valence-electron chi connectivity index (χ0n) is 21.3. The first kappa shape index (κ1) is 24.7. The largest absolute Gasteiger partial charge is 0.478 e. The topological polar surface area (TPSA) is 83.6 Å². The molecule has 0 radical (unpaired) electrons. The fraction of sp³-hybridized carbons (Fsp3) is 0.300. The lowest BCUT2D eigenvalue weighted by atomic mass is 9.58. The van der Waals surface area contributed by atoms with Gasteiger partial charge in [0.2, 0.25) is 0 Å². The van der Waals surface area contributed by atoms with Crippen molar-refractivity contribution in [3.8, 4) is 11.3 Å². The Kier molecular flexibility index (Phi) is 5.89. The summed E-state index contributed by atoms with van der Waals surface area (Å²) in [6.45, 7) is 9.25. The number of carboxylic acids is 1. The second-order valence-electron chi connectivity index (χ2n) is 10.7. The van der Waals surface area contributed by atoms with Gasteiger partial charge in [-0.1, -0.05) is 55.8 Å². The molecule has 2 heterocycles. The number of halogens is 1. The van der Waals surface area contributed by atoms with Crippen LogP contribution >= 0.6 is 0 Å². The van der Waals surface area contributed by atoms with Crippen molar-refractivity contribution in [2.24, 2.45) is 10.8 Å². The van der Waals surface area contributed by atoms with Crippen molar-refractivity contribution in [3.05, 3.63) is 94.5 Å². The normalized spacial score (nSPS) is 20.6. The number of hydrogen-bond acceptors (Lipinski definition) is 4. The minimum atomic E-state index is -0.943. The first-order valence-corrected chi connectivity index (χ1v) is 12.3. The number of hydrogen-bond donors (Lipinski definition) is 1. The Morgan fingerprint density at radius 1 is 1.00 bits per heavy atom. The van der Waals surface area contributed by atoms with Crippen molar-refractivity contribution in [1.29, 1.82) is 0 Å². The highest BCUT2D eigenvalue weighted by atomic mass is 19.1. The third-order valence-electron chi connectivity index (χ3n) is 7.73. The van der Waals surface area contributed by atoms with E-state index in [0.717, 1.165) is 17.6 Å². The van der Waals surface area contributed by atoms with Crippen molar-refractivity contribution >= 4 is 17.4 Å². The Morgan fingerprint density at radius 3 is 2.30 bits per heavy atom. The number of aromatic nitrogens is 1. The van der Waals surface area contributed by atoms with Crippen LogP contribution in [-0.2, 0) is 0 Å². The monoisotopic (exact) mass is 500 g/mol. The molecular weight excluding hydrogens is 471 g/mol. The van der Waals surface area contributed by atoms with Gasteiger partial charge in [-0.15, -0.1) is 0 Å². The molecule has 7 heteroatoms. The number of carbonyl (C=O) groups excluding carboxylic acids is 1. The van der Waals surface area contributed by atoms with Crippen LogP contribution in [-0.4, -0.2) is 40.1 Å². The van der Waals surface area contributed by atoms with E-state index in [1.807, 2.05) is 17.0 Å². The van der Waals surface area contributed by atoms with E-state index in [1.165, 1.54) is 17.7 Å². The van der Waals surface area contributed by atoms with Gasteiger partial charge in [0.15, 0.2) is 0 Å². The molecule has 0 bridgehead atoms. The van der Waals surface area contributed by atoms with E-state index in [0.29, 0.717) is 35.7 Å². The Balaban J connectivity index is 1.44. The molecule has 5 rings (SSSR count). The lowest BCUT2D eigenvalue weighted by Gasteiger charge is -2.50. The number of benzene rings is 2. The number of rotatable bonds is 4. The van der Waals surface area contributed by atoms with E-state index >= 15 is 0 Å². The molecule has 1 aromatic heterocycles. The molecule has 0 spiro atoms. The average molecular weight is 501 g/mol. The van der Waals surface area contributed by atoms with Crippen molar-refractivity contribution in [1.82, 2.24) is 10.1 Å². The van der Waals surface area contributed by atoms with E-state index < -0.39 is 5.97 Å². The number of carbonyl (C=O) groups is 2. The molecule has 1 amide bonds. The lowest BCUT2D eigenvalue weighted by Crippen LogP contribution is -2.48. The number of aryl methyl sites for hydroxylation is 1. The number of carboxylic acid groups (broad SMARTS) is 1. The van der Waals surface area contributed by atoms with Gasteiger partial charge in [-0.05, 0) is 60.9 Å². The number of aromatic carboxylic acids is 1. The highest BCUT2D eigenvalue weighted by molar-refractivity contribution is 6.01. The Labute approximate surface area is 215 Å². The van der Waals surface area contributed by atoms with Crippen molar-refractivity contribution in [3.63, 3.8) is 0 Å². The summed E-state index contributed by atoms with van der Waals surface area (Å²) < 4.78 is 18.8. The van der Waals surface area contributed by atoms with Crippen molar-refractivity contribution < 1.29 is 23.6 Å². The summed E-state index contributed by atoms with van der Waals surface area (Å²) in [5.41, 5.74) is 4.57. The standard InChI is InChI=1S/C30H29FN2O4/c1-18-25(26(32-37-18)20-9-11-22(31)12-10-20)27(34)33-16-14-24-29(2,3)23(13-15-30(24,4)17-33)19-5-7-21(8-6-19)28(35)36/h5-14H,15-17H2,1-4H3,(H,35,36)/t30-/m1/s1. The molecule has 1 atom stereocenters. The van der Waals surface area contributed by atoms with Crippen LogP contribution in [0, 0.1) is 23.6 Å². The fourth-order valence-electron chi connectivity index (χ4n) is 5.94. The van der Waals surface area contributed by atoms with E-state index in [1.54, 1.807) is 31.2 Å². The molecule has 2 aliphatic rings. The van der Waals surface area contributed by atoms with Gasteiger partial charge in [0, 0.05) is 29.5 Å². The maximum absolute atomic E-state index is 13.8. The zero-order chi connectivity index (χ0) is 26.5. The maximum Gasteiger partial charge on any atom is 0.335 e. The van der Waals surface area contributed by atoms with Crippen LogP contribution in [0.25, 0.3) is 16.8 Å². The summed E-state index contributed by atoms with van der Waals surface area (Å²) in [6, 6.07) is 12.9. The van der Waals surface area contributed by atoms with Gasteiger partial charge in [0.1, 0.15) is 22.8 Å². The Bertz CT molecular complexity index is 1450. The quantitative estimate of drug-likeness (QED) is 0.420. The highest BCUT2D eigenvalue weighted by Gasteiger charge is 2.47. The molecule has 2 aromatic carbocycles. The van der Waals surface area contributed by atoms with Gasteiger partial charge >= 0.3 is 5.97 Å². The van der Waals surface area contributed by atoms with E-state index in [-0.39, 0.29) is 28.1 Å². The van der Waals surface area contributed by atoms with Crippen LogP contribution in [0.5, 0.6) is 0 Å². The third kappa shape index (κ3) is 4.18. The first-order valence-electron chi connectivity index (χ1n) is 12.3. The summed E-state index contributed by atoms with van der Waals surface area (Å²) in [5.74, 6) is -1.03. The first-order chi connectivity index (χ1) is 17.5. The minimum absolute atomic E-state index is 0.161. The molecule has 1 N–H and O–H groups in total. The summed E-state index contributed by atoms with van der Waals surface area (Å²) in [4.78, 5) is 26.9. The lowest BCUT2D eigenvalue weighted by molar-refractivity contribution is 0.0677. The molecule has 190 valence electrons. The van der Waals surface area contributed by atoms with Gasteiger partial charge in [-0.2, -0.15) is 0 Å². The van der Waals surface area contributed by atoms with Crippen LogP contribution < -0.4 is 0 Å². The van der Waals surface area contributed by atoms with Gasteiger partial charge in [-0.25, -0.2) is 9.18 Å². The van der Waals surface area contributed by atoms with Gasteiger partial charge in [-0.3, -0.25) is 4.79 Å². The summed E-state index contributed by atoms with van der Waals surface area (Å²) >= 11 is 0.